The molecule has 1 aliphatic carbocycles. The van der Waals surface area contributed by atoms with Gasteiger partial charge in [0.2, 0.25) is 5.91 Å². The minimum atomic E-state index is -0.116. The van der Waals surface area contributed by atoms with Gasteiger partial charge < -0.3 is 10.6 Å². The SMILES string of the molecule is Cc1ccc(Cl)c(NC(=O)C2NCC3CCCC32)c1Cl. The average molecular weight is 313 g/mol. The van der Waals surface area contributed by atoms with Crippen molar-refractivity contribution < 1.29 is 4.79 Å². The molecule has 1 aliphatic heterocycles. The molecule has 3 rings (SSSR count). The van der Waals surface area contributed by atoms with E-state index in [4.69, 9.17) is 23.2 Å². The van der Waals surface area contributed by atoms with Crippen LogP contribution in [-0.4, -0.2) is 18.5 Å². The maximum atomic E-state index is 12.5. The standard InChI is InChI=1S/C15H18Cl2N2O/c1-8-5-6-11(16)14(12(8)17)19-15(20)13-10-4-2-3-9(10)7-18-13/h5-6,9-10,13,18H,2-4,7H2,1H3,(H,19,20). The molecule has 0 bridgehead atoms. The highest BCUT2D eigenvalue weighted by Gasteiger charge is 2.42. The third kappa shape index (κ3) is 2.43. The second-order valence-electron chi connectivity index (χ2n) is 5.78. The molecule has 1 aromatic rings. The van der Waals surface area contributed by atoms with Crippen LogP contribution in [0, 0.1) is 18.8 Å². The van der Waals surface area contributed by atoms with Gasteiger partial charge >= 0.3 is 0 Å². The summed E-state index contributed by atoms with van der Waals surface area (Å²) in [5, 5.41) is 7.24. The summed E-state index contributed by atoms with van der Waals surface area (Å²) in [6.45, 7) is 2.84. The highest BCUT2D eigenvalue weighted by Crippen LogP contribution is 2.39. The van der Waals surface area contributed by atoms with E-state index in [1.54, 1.807) is 6.07 Å². The molecular formula is C15H18Cl2N2O. The number of amides is 1. The second-order valence-corrected chi connectivity index (χ2v) is 6.57. The van der Waals surface area contributed by atoms with Gasteiger partial charge in [0.05, 0.1) is 21.8 Å². The summed E-state index contributed by atoms with van der Waals surface area (Å²) in [5.74, 6) is 1.08. The van der Waals surface area contributed by atoms with E-state index in [0.717, 1.165) is 18.5 Å². The Morgan fingerprint density at radius 2 is 2.15 bits per heavy atom. The molecule has 2 fully saturated rings. The first-order valence-electron chi connectivity index (χ1n) is 7.07. The molecule has 20 heavy (non-hydrogen) atoms. The van der Waals surface area contributed by atoms with Crippen molar-refractivity contribution in [2.24, 2.45) is 11.8 Å². The van der Waals surface area contributed by atoms with Crippen LogP contribution in [0.3, 0.4) is 0 Å². The minimum absolute atomic E-state index is 0.0196. The topological polar surface area (TPSA) is 41.1 Å². The fraction of sp³-hybridized carbons (Fsp3) is 0.533. The van der Waals surface area contributed by atoms with E-state index in [1.807, 2.05) is 13.0 Å². The molecule has 1 aromatic carbocycles. The van der Waals surface area contributed by atoms with Crippen molar-refractivity contribution in [2.45, 2.75) is 32.2 Å². The maximum Gasteiger partial charge on any atom is 0.241 e. The molecule has 1 saturated carbocycles. The monoisotopic (exact) mass is 312 g/mol. The first-order valence-corrected chi connectivity index (χ1v) is 7.82. The maximum absolute atomic E-state index is 12.5. The van der Waals surface area contributed by atoms with E-state index in [-0.39, 0.29) is 11.9 Å². The number of hydrogen-bond acceptors (Lipinski definition) is 2. The summed E-state index contributed by atoms with van der Waals surface area (Å²) in [7, 11) is 0. The normalized spacial score (nSPS) is 28.4. The first-order chi connectivity index (χ1) is 9.58. The number of hydrogen-bond donors (Lipinski definition) is 2. The molecule has 5 heteroatoms. The Labute approximate surface area is 129 Å². The Kier molecular flexibility index (Phi) is 3.93. The summed E-state index contributed by atoms with van der Waals surface area (Å²) >= 11 is 12.4. The van der Waals surface area contributed by atoms with Crippen molar-refractivity contribution in [3.63, 3.8) is 0 Å². The summed E-state index contributed by atoms with van der Waals surface area (Å²) in [4.78, 5) is 12.5. The highest BCUT2D eigenvalue weighted by atomic mass is 35.5. The van der Waals surface area contributed by atoms with Crippen molar-refractivity contribution in [1.82, 2.24) is 5.32 Å². The largest absolute Gasteiger partial charge is 0.322 e. The number of carbonyl (C=O) groups excluding carboxylic acids is 1. The number of nitrogens with one attached hydrogen (secondary N) is 2. The first kappa shape index (κ1) is 14.2. The van der Waals surface area contributed by atoms with Gasteiger partial charge in [0.25, 0.3) is 0 Å². The van der Waals surface area contributed by atoms with Gasteiger partial charge in [-0.05, 0) is 49.8 Å². The summed E-state index contributed by atoms with van der Waals surface area (Å²) in [5.41, 5.74) is 1.44. The van der Waals surface area contributed by atoms with Gasteiger partial charge in [-0.3, -0.25) is 4.79 Å². The molecule has 3 unspecified atom stereocenters. The molecule has 0 aromatic heterocycles. The molecule has 3 atom stereocenters. The lowest BCUT2D eigenvalue weighted by Gasteiger charge is -2.19. The lowest BCUT2D eigenvalue weighted by atomic mass is 9.93. The Balaban J connectivity index is 1.78. The number of rotatable bonds is 2. The van der Waals surface area contributed by atoms with Crippen molar-refractivity contribution in [1.29, 1.82) is 0 Å². The summed E-state index contributed by atoms with van der Waals surface area (Å²) < 4.78 is 0. The van der Waals surface area contributed by atoms with Gasteiger partial charge in [-0.2, -0.15) is 0 Å². The van der Waals surface area contributed by atoms with Crippen molar-refractivity contribution in [3.8, 4) is 0 Å². The zero-order chi connectivity index (χ0) is 14.3. The van der Waals surface area contributed by atoms with Crippen LogP contribution >= 0.6 is 23.2 Å². The average Bonchev–Trinajstić information content (AvgIpc) is 3.01. The number of aryl methyl sites for hydroxylation is 1. The summed E-state index contributed by atoms with van der Waals surface area (Å²) in [6.07, 6.45) is 3.59. The van der Waals surface area contributed by atoms with Crippen molar-refractivity contribution in [2.75, 3.05) is 11.9 Å². The molecular weight excluding hydrogens is 295 g/mol. The van der Waals surface area contributed by atoms with Gasteiger partial charge in [-0.25, -0.2) is 0 Å². The molecule has 3 nitrogen and oxygen atoms in total. The molecule has 2 aliphatic rings. The van der Waals surface area contributed by atoms with Crippen molar-refractivity contribution >= 4 is 34.8 Å². The molecule has 1 saturated heterocycles. The highest BCUT2D eigenvalue weighted by molar-refractivity contribution is 6.40. The second kappa shape index (κ2) is 5.55. The van der Waals surface area contributed by atoms with Crippen LogP contribution in [0.15, 0.2) is 12.1 Å². The van der Waals surface area contributed by atoms with Gasteiger partial charge in [-0.15, -0.1) is 0 Å². The molecule has 1 heterocycles. The molecule has 1 amide bonds. The third-order valence-electron chi connectivity index (χ3n) is 4.56. The van der Waals surface area contributed by atoms with Crippen LogP contribution < -0.4 is 10.6 Å². The van der Waals surface area contributed by atoms with Gasteiger partial charge in [0, 0.05) is 0 Å². The van der Waals surface area contributed by atoms with Crippen LogP contribution in [0.25, 0.3) is 0 Å². The predicted molar refractivity (Wildman–Crippen MR) is 82.5 cm³/mol. The molecule has 0 radical (unpaired) electrons. The fourth-order valence-electron chi connectivity index (χ4n) is 3.45. The smallest absolute Gasteiger partial charge is 0.241 e. The molecule has 2 N–H and O–H groups in total. The van der Waals surface area contributed by atoms with E-state index >= 15 is 0 Å². The number of anilines is 1. The fourth-order valence-corrected chi connectivity index (χ4v) is 3.91. The van der Waals surface area contributed by atoms with Crippen LogP contribution in [0.4, 0.5) is 5.69 Å². The van der Waals surface area contributed by atoms with E-state index in [2.05, 4.69) is 10.6 Å². The van der Waals surface area contributed by atoms with Crippen LogP contribution in [0.1, 0.15) is 24.8 Å². The Morgan fingerprint density at radius 3 is 2.95 bits per heavy atom. The van der Waals surface area contributed by atoms with Gasteiger partial charge in [-0.1, -0.05) is 35.7 Å². The van der Waals surface area contributed by atoms with E-state index in [0.29, 0.717) is 27.6 Å². The summed E-state index contributed by atoms with van der Waals surface area (Å²) in [6, 6.07) is 3.50. The predicted octanol–water partition coefficient (Wildman–Crippen LogP) is 3.63. The lowest BCUT2D eigenvalue weighted by molar-refractivity contribution is -0.118. The third-order valence-corrected chi connectivity index (χ3v) is 5.36. The van der Waals surface area contributed by atoms with E-state index < -0.39 is 0 Å². The zero-order valence-electron chi connectivity index (χ0n) is 11.4. The molecule has 108 valence electrons. The van der Waals surface area contributed by atoms with Crippen molar-refractivity contribution in [3.05, 3.63) is 27.7 Å². The van der Waals surface area contributed by atoms with Crippen LogP contribution in [0.2, 0.25) is 10.0 Å². The minimum Gasteiger partial charge on any atom is -0.322 e. The zero-order valence-corrected chi connectivity index (χ0v) is 12.9. The van der Waals surface area contributed by atoms with Gasteiger partial charge in [0.15, 0.2) is 0 Å². The Hall–Kier alpha value is -0.770. The van der Waals surface area contributed by atoms with Gasteiger partial charge in [0.1, 0.15) is 0 Å². The Morgan fingerprint density at radius 1 is 1.35 bits per heavy atom. The van der Waals surface area contributed by atoms with Crippen LogP contribution in [0.5, 0.6) is 0 Å². The number of halogens is 2. The lowest BCUT2D eigenvalue weighted by Crippen LogP contribution is -2.39. The number of carbonyl (C=O) groups is 1. The molecule has 0 spiro atoms. The van der Waals surface area contributed by atoms with E-state index in [9.17, 15) is 4.79 Å². The number of benzene rings is 1. The van der Waals surface area contributed by atoms with E-state index in [1.165, 1.54) is 12.8 Å². The Bertz CT molecular complexity index is 547. The number of fused-ring (bicyclic) bond motifs is 1. The van der Waals surface area contributed by atoms with Crippen LogP contribution in [-0.2, 0) is 4.79 Å². The quantitative estimate of drug-likeness (QED) is 0.875.